The highest BCUT2D eigenvalue weighted by atomic mass is 16.7. The summed E-state index contributed by atoms with van der Waals surface area (Å²) < 4.78 is 9.67. The van der Waals surface area contributed by atoms with Gasteiger partial charge < -0.3 is 14.6 Å². The molecule has 12 heavy (non-hydrogen) atoms. The molecule has 0 spiro atoms. The summed E-state index contributed by atoms with van der Waals surface area (Å²) in [6.07, 6.45) is -0.491. The number of hydrogen-bond acceptors (Lipinski definition) is 5. The maximum Gasteiger partial charge on any atom is 0.175 e. The molecule has 0 aliphatic rings. The average molecular weight is 179 g/mol. The first-order valence-electron chi connectivity index (χ1n) is 3.53. The zero-order valence-corrected chi connectivity index (χ0v) is 7.27. The Hall–Kier alpha value is -0.720. The molecule has 1 N–H and O–H groups in total. The Morgan fingerprint density at radius 3 is 2.42 bits per heavy atom. The fourth-order valence-electron chi connectivity index (χ4n) is 0.698. The van der Waals surface area contributed by atoms with Crippen LogP contribution in [0.4, 0.5) is 0 Å². The molecule has 0 aromatic heterocycles. The Morgan fingerprint density at radius 2 is 2.08 bits per heavy atom. The molecule has 0 saturated carbocycles. The number of aliphatic hydroxyl groups excluding tert-OH is 1. The van der Waals surface area contributed by atoms with Crippen LogP contribution in [0.25, 0.3) is 0 Å². The molecule has 0 aromatic carbocycles. The van der Waals surface area contributed by atoms with Crippen molar-refractivity contribution in [3.63, 3.8) is 0 Å². The van der Waals surface area contributed by atoms with E-state index in [1.165, 1.54) is 14.2 Å². The van der Waals surface area contributed by atoms with Crippen LogP contribution in [0.15, 0.2) is 5.29 Å². The van der Waals surface area contributed by atoms with Crippen molar-refractivity contribution in [2.24, 2.45) is 5.29 Å². The molecule has 0 unspecified atom stereocenters. The van der Waals surface area contributed by atoms with Gasteiger partial charge in [0.15, 0.2) is 6.29 Å². The van der Waals surface area contributed by atoms with E-state index in [2.05, 4.69) is 5.29 Å². The third kappa shape index (κ3) is 4.22. The van der Waals surface area contributed by atoms with E-state index in [9.17, 15) is 4.91 Å². The van der Waals surface area contributed by atoms with Gasteiger partial charge in [-0.1, -0.05) is 0 Å². The van der Waals surface area contributed by atoms with E-state index < -0.39 is 6.29 Å². The Kier molecular flexibility index (Phi) is 6.54. The number of rotatable bonds is 7. The summed E-state index contributed by atoms with van der Waals surface area (Å²) in [4.78, 5) is 10.1. The SMILES string of the molecule is COC(CN(CCO)[15N]=O)OC. The first kappa shape index (κ1) is 11.3. The molecule has 0 saturated heterocycles. The van der Waals surface area contributed by atoms with Gasteiger partial charge in [0.25, 0.3) is 0 Å². The molecule has 0 atom stereocenters. The van der Waals surface area contributed by atoms with Crippen molar-refractivity contribution in [2.75, 3.05) is 33.9 Å². The van der Waals surface area contributed by atoms with Crippen LogP contribution >= 0.6 is 0 Å². The molecule has 0 aliphatic heterocycles. The van der Waals surface area contributed by atoms with E-state index >= 15 is 0 Å². The van der Waals surface area contributed by atoms with Gasteiger partial charge in [0.05, 0.1) is 25.0 Å². The molecular formula is C6H14N2O4. The minimum Gasteiger partial charge on any atom is -0.394 e. The average Bonchev–Trinajstić information content (AvgIpc) is 2.12. The van der Waals surface area contributed by atoms with Crippen molar-refractivity contribution in [1.29, 1.82) is 0 Å². The number of ether oxygens (including phenoxy) is 2. The van der Waals surface area contributed by atoms with Crippen molar-refractivity contribution in [3.05, 3.63) is 4.91 Å². The highest BCUT2D eigenvalue weighted by Gasteiger charge is 2.11. The van der Waals surface area contributed by atoms with Crippen LogP contribution in [0.1, 0.15) is 0 Å². The van der Waals surface area contributed by atoms with Gasteiger partial charge in [-0.3, -0.25) is 5.01 Å². The Labute approximate surface area is 71.0 Å². The Morgan fingerprint density at radius 1 is 1.50 bits per heavy atom. The van der Waals surface area contributed by atoms with Gasteiger partial charge in [0.2, 0.25) is 0 Å². The lowest BCUT2D eigenvalue weighted by molar-refractivity contribution is -0.117. The van der Waals surface area contributed by atoms with E-state index in [0.29, 0.717) is 0 Å². The molecule has 6 heteroatoms. The second kappa shape index (κ2) is 6.96. The molecule has 0 fully saturated rings. The predicted molar refractivity (Wildman–Crippen MR) is 42.3 cm³/mol. The van der Waals surface area contributed by atoms with Gasteiger partial charge in [-0.2, -0.15) is 0 Å². The molecule has 0 amide bonds. The number of nitroso groups, excluding NO2 is 1. The third-order valence-corrected chi connectivity index (χ3v) is 1.36. The summed E-state index contributed by atoms with van der Waals surface area (Å²) >= 11 is 0. The van der Waals surface area contributed by atoms with E-state index in [1.807, 2.05) is 0 Å². The number of nitrogens with zero attached hydrogens (tertiary/aromatic N) is 2. The first-order chi connectivity index (χ1) is 5.78. The van der Waals surface area contributed by atoms with Gasteiger partial charge in [-0.25, -0.2) is 0 Å². The van der Waals surface area contributed by atoms with Gasteiger partial charge in [-0.05, 0) is 0 Å². The highest BCUT2D eigenvalue weighted by Crippen LogP contribution is 1.96. The molecular weight excluding hydrogens is 165 g/mol. The maximum absolute atomic E-state index is 10.1. The fourth-order valence-corrected chi connectivity index (χ4v) is 0.698. The quantitative estimate of drug-likeness (QED) is 0.249. The minimum atomic E-state index is -0.491. The zero-order chi connectivity index (χ0) is 9.40. The largest absolute Gasteiger partial charge is 0.394 e. The molecule has 0 aliphatic carbocycles. The van der Waals surface area contributed by atoms with Gasteiger partial charge >= 0.3 is 0 Å². The van der Waals surface area contributed by atoms with Crippen LogP contribution in [0.3, 0.4) is 0 Å². The van der Waals surface area contributed by atoms with Crippen LogP contribution in [-0.2, 0) is 9.47 Å². The standard InChI is InChI=1S/C6H14N2O4/c1-11-6(12-2)5-8(7-10)3-4-9/h6,9H,3-5H2,1-2H3/i7+1. The molecule has 0 bridgehead atoms. The van der Waals surface area contributed by atoms with Crippen LogP contribution in [-0.4, -0.2) is 50.3 Å². The third-order valence-electron chi connectivity index (χ3n) is 1.36. The molecule has 0 aromatic rings. The van der Waals surface area contributed by atoms with Crippen LogP contribution in [0.2, 0.25) is 0 Å². The van der Waals surface area contributed by atoms with Crippen molar-refractivity contribution in [3.8, 4) is 0 Å². The number of aliphatic hydroxyl groups is 1. The fraction of sp³-hybridized carbons (Fsp3) is 1.00. The van der Waals surface area contributed by atoms with Crippen molar-refractivity contribution in [1.82, 2.24) is 5.01 Å². The molecule has 72 valence electrons. The summed E-state index contributed by atoms with van der Waals surface area (Å²) in [6.45, 7) is 0.287. The minimum absolute atomic E-state index is 0.119. The lowest BCUT2D eigenvalue weighted by atomic mass is 10.5. The van der Waals surface area contributed by atoms with E-state index in [1.54, 1.807) is 0 Å². The number of hydrogen-bond donors (Lipinski definition) is 1. The summed E-state index contributed by atoms with van der Waals surface area (Å²) in [5, 5.41) is 12.3. The van der Waals surface area contributed by atoms with Gasteiger partial charge in [0, 0.05) is 14.2 Å². The van der Waals surface area contributed by atoms with Gasteiger partial charge in [-0.15, -0.1) is 4.91 Å². The molecule has 6 nitrogen and oxygen atoms in total. The summed E-state index contributed by atoms with van der Waals surface area (Å²) in [5.74, 6) is 0. The lowest BCUT2D eigenvalue weighted by Crippen LogP contribution is -2.32. The summed E-state index contributed by atoms with van der Waals surface area (Å²) in [6, 6.07) is 0. The van der Waals surface area contributed by atoms with E-state index in [4.69, 9.17) is 14.6 Å². The maximum atomic E-state index is 10.1. The Bertz CT molecular complexity index is 118. The van der Waals surface area contributed by atoms with Crippen LogP contribution in [0, 0.1) is 4.91 Å². The zero-order valence-electron chi connectivity index (χ0n) is 7.27. The first-order valence-corrected chi connectivity index (χ1v) is 3.53. The van der Waals surface area contributed by atoms with Crippen molar-refractivity contribution < 1.29 is 14.6 Å². The van der Waals surface area contributed by atoms with Crippen molar-refractivity contribution >= 4 is 0 Å². The smallest absolute Gasteiger partial charge is 0.175 e. The highest BCUT2D eigenvalue weighted by molar-refractivity contribution is 4.53. The van der Waals surface area contributed by atoms with Gasteiger partial charge in [0.1, 0.15) is 0 Å². The molecule has 0 radical (unpaired) electrons. The predicted octanol–water partition coefficient (Wildman–Crippen LogP) is -0.419. The van der Waals surface area contributed by atoms with E-state index in [-0.39, 0.29) is 19.7 Å². The monoisotopic (exact) mass is 179 g/mol. The molecule has 0 heterocycles. The second-order valence-corrected chi connectivity index (χ2v) is 2.12. The molecule has 0 rings (SSSR count). The second-order valence-electron chi connectivity index (χ2n) is 2.12. The van der Waals surface area contributed by atoms with Crippen molar-refractivity contribution in [2.45, 2.75) is 6.29 Å². The Balaban J connectivity index is 3.73. The topological polar surface area (TPSA) is 71.4 Å². The normalized spacial score (nSPS) is 10.3. The van der Waals surface area contributed by atoms with Crippen LogP contribution < -0.4 is 0 Å². The number of methoxy groups -OCH3 is 2. The van der Waals surface area contributed by atoms with E-state index in [0.717, 1.165) is 5.01 Å². The van der Waals surface area contributed by atoms with Crippen LogP contribution in [0.5, 0.6) is 0 Å². The lowest BCUT2D eigenvalue weighted by Gasteiger charge is -2.19. The summed E-state index contributed by atoms with van der Waals surface area (Å²) in [5.41, 5.74) is 0. The summed E-state index contributed by atoms with van der Waals surface area (Å²) in [7, 11) is 2.94.